The number of nitrogens with zero attached hydrogens (tertiary/aromatic N) is 2. The lowest BCUT2D eigenvalue weighted by atomic mass is 9.94. The van der Waals surface area contributed by atoms with Crippen LogP contribution in [-0.4, -0.2) is 33.1 Å². The minimum absolute atomic E-state index is 0.0558. The molecule has 3 aromatic rings. The van der Waals surface area contributed by atoms with Crippen LogP contribution in [0.5, 0.6) is 0 Å². The van der Waals surface area contributed by atoms with E-state index in [4.69, 9.17) is 9.41 Å². The Morgan fingerprint density at radius 2 is 1.83 bits per heavy atom. The number of hydrogen-bond acceptors (Lipinski definition) is 5. The van der Waals surface area contributed by atoms with E-state index in [1.807, 2.05) is 17.0 Å². The second kappa shape index (κ2) is 10.6. The summed E-state index contributed by atoms with van der Waals surface area (Å²) in [5.41, 5.74) is 2.75. The van der Waals surface area contributed by atoms with Crippen molar-refractivity contribution in [2.45, 2.75) is 51.5 Å². The number of thioether (sulfide) groups is 1. The molecule has 0 atom stereocenters. The van der Waals surface area contributed by atoms with Crippen LogP contribution in [0, 0.1) is 0 Å². The van der Waals surface area contributed by atoms with Crippen LogP contribution in [0.15, 0.2) is 75.0 Å². The second-order valence-electron chi connectivity index (χ2n) is 9.04. The number of aromatic carboxylic acids is 1. The molecule has 7 heteroatoms. The molecule has 2 fully saturated rings. The van der Waals surface area contributed by atoms with Crippen LogP contribution in [0.3, 0.4) is 0 Å². The van der Waals surface area contributed by atoms with E-state index in [1.54, 1.807) is 42.5 Å². The van der Waals surface area contributed by atoms with Crippen molar-refractivity contribution >= 4 is 40.6 Å². The van der Waals surface area contributed by atoms with Crippen LogP contribution in [0.4, 0.5) is 5.69 Å². The topological polar surface area (TPSA) is 83.1 Å². The fourth-order valence-corrected chi connectivity index (χ4v) is 5.77. The summed E-state index contributed by atoms with van der Waals surface area (Å²) in [4.78, 5) is 32.5. The molecular weight excluding hydrogens is 472 g/mol. The molecule has 1 saturated carbocycles. The number of benzene rings is 2. The van der Waals surface area contributed by atoms with E-state index < -0.39 is 5.97 Å². The van der Waals surface area contributed by atoms with Crippen molar-refractivity contribution in [2.75, 3.05) is 0 Å². The van der Waals surface area contributed by atoms with E-state index in [1.165, 1.54) is 23.7 Å². The lowest BCUT2D eigenvalue weighted by Gasteiger charge is -2.30. The lowest BCUT2D eigenvalue weighted by molar-refractivity contribution is -0.124. The molecule has 6 nitrogen and oxygen atoms in total. The molecule has 1 saturated heterocycles. The Hall–Kier alpha value is -3.58. The number of carbonyl (C=O) groups is 2. The standard InChI is InChI=1S/C29H28N2O4S/c1-2-19-12-14-20(15-13-19)30-29-31(21-8-4-3-5-9-21)27(32)26(36-29)18-22-16-17-25(35-22)23-10-6-7-11-24(23)28(33)34/h6-7,10-18,21H,2-5,8-9H2,1H3,(H,33,34)/b26-18+,30-29?. The summed E-state index contributed by atoms with van der Waals surface area (Å²) in [6, 6.07) is 18.5. The normalized spacial score (nSPS) is 18.9. The second-order valence-corrected chi connectivity index (χ2v) is 10.1. The maximum absolute atomic E-state index is 13.6. The van der Waals surface area contributed by atoms with Gasteiger partial charge in [0.05, 0.1) is 16.2 Å². The average molecular weight is 501 g/mol. The van der Waals surface area contributed by atoms with Gasteiger partial charge in [0, 0.05) is 17.7 Å². The molecule has 2 heterocycles. The molecule has 1 aromatic heterocycles. The fourth-order valence-electron chi connectivity index (χ4n) is 4.73. The summed E-state index contributed by atoms with van der Waals surface area (Å²) in [7, 11) is 0. The van der Waals surface area contributed by atoms with Gasteiger partial charge in [-0.1, -0.05) is 56.5 Å². The number of hydrogen-bond donors (Lipinski definition) is 1. The first-order valence-electron chi connectivity index (χ1n) is 12.4. The maximum Gasteiger partial charge on any atom is 0.336 e. The van der Waals surface area contributed by atoms with Gasteiger partial charge in [0.2, 0.25) is 0 Å². The monoisotopic (exact) mass is 500 g/mol. The summed E-state index contributed by atoms with van der Waals surface area (Å²) in [5, 5.41) is 10.2. The minimum Gasteiger partial charge on any atom is -0.478 e. The van der Waals surface area contributed by atoms with Gasteiger partial charge >= 0.3 is 5.97 Å². The van der Waals surface area contributed by atoms with Crippen molar-refractivity contribution in [1.29, 1.82) is 0 Å². The number of carboxylic acid groups (broad SMARTS) is 1. The van der Waals surface area contributed by atoms with Crippen LogP contribution >= 0.6 is 11.8 Å². The number of carboxylic acids is 1. The molecule has 1 aliphatic heterocycles. The molecule has 0 radical (unpaired) electrons. The van der Waals surface area contributed by atoms with E-state index in [0.717, 1.165) is 37.8 Å². The zero-order chi connectivity index (χ0) is 25.1. The van der Waals surface area contributed by atoms with Gasteiger partial charge in [-0.2, -0.15) is 0 Å². The van der Waals surface area contributed by atoms with E-state index in [9.17, 15) is 14.7 Å². The summed E-state index contributed by atoms with van der Waals surface area (Å²) >= 11 is 1.37. The van der Waals surface area contributed by atoms with Gasteiger partial charge in [-0.05, 0) is 66.9 Å². The highest BCUT2D eigenvalue weighted by atomic mass is 32.2. The first-order valence-corrected chi connectivity index (χ1v) is 13.2. The quantitative estimate of drug-likeness (QED) is 0.364. The van der Waals surface area contributed by atoms with Gasteiger partial charge < -0.3 is 9.52 Å². The van der Waals surface area contributed by atoms with Crippen LogP contribution in [0.1, 0.15) is 60.7 Å². The fraction of sp³-hybridized carbons (Fsp3) is 0.276. The first kappa shape index (κ1) is 24.1. The smallest absolute Gasteiger partial charge is 0.336 e. The van der Waals surface area contributed by atoms with Crippen molar-refractivity contribution in [3.05, 3.63) is 82.5 Å². The number of carbonyl (C=O) groups excluding carboxylic acids is 1. The third kappa shape index (κ3) is 5.02. The SMILES string of the molecule is CCc1ccc(N=C2S/C(=C/c3ccc(-c4ccccc4C(=O)O)o3)C(=O)N2C2CCCCC2)cc1. The predicted molar refractivity (Wildman–Crippen MR) is 143 cm³/mol. The van der Waals surface area contributed by atoms with E-state index in [2.05, 4.69) is 19.1 Å². The van der Waals surface area contributed by atoms with E-state index >= 15 is 0 Å². The van der Waals surface area contributed by atoms with Gasteiger partial charge in [0.25, 0.3) is 5.91 Å². The Labute approximate surface area is 214 Å². The highest BCUT2D eigenvalue weighted by Gasteiger charge is 2.38. The van der Waals surface area contributed by atoms with Crippen molar-refractivity contribution in [3.8, 4) is 11.3 Å². The number of amides is 1. The van der Waals surface area contributed by atoms with Gasteiger partial charge in [-0.3, -0.25) is 9.69 Å². The Morgan fingerprint density at radius 1 is 1.08 bits per heavy atom. The highest BCUT2D eigenvalue weighted by molar-refractivity contribution is 8.18. The molecule has 1 N–H and O–H groups in total. The minimum atomic E-state index is -1.01. The molecule has 36 heavy (non-hydrogen) atoms. The number of furan rings is 1. The number of amidine groups is 1. The molecule has 0 spiro atoms. The van der Waals surface area contributed by atoms with Crippen LogP contribution in [0.2, 0.25) is 0 Å². The predicted octanol–water partition coefficient (Wildman–Crippen LogP) is 7.14. The van der Waals surface area contributed by atoms with Gasteiger partial charge in [-0.15, -0.1) is 0 Å². The third-order valence-electron chi connectivity index (χ3n) is 6.67. The Bertz CT molecular complexity index is 1330. The van der Waals surface area contributed by atoms with Gasteiger partial charge in [-0.25, -0.2) is 9.79 Å². The highest BCUT2D eigenvalue weighted by Crippen LogP contribution is 2.39. The molecule has 0 bridgehead atoms. The van der Waals surface area contributed by atoms with E-state index in [0.29, 0.717) is 27.2 Å². The third-order valence-corrected chi connectivity index (χ3v) is 7.65. The van der Waals surface area contributed by atoms with Crippen LogP contribution in [-0.2, 0) is 11.2 Å². The lowest BCUT2D eigenvalue weighted by Crippen LogP contribution is -2.40. The molecule has 1 amide bonds. The summed E-state index contributed by atoms with van der Waals surface area (Å²) in [5.74, 6) is -0.124. The van der Waals surface area contributed by atoms with Gasteiger partial charge in [0.1, 0.15) is 11.5 Å². The van der Waals surface area contributed by atoms with Crippen molar-refractivity contribution in [1.82, 2.24) is 4.90 Å². The Balaban J connectivity index is 1.47. The molecule has 2 aliphatic rings. The van der Waals surface area contributed by atoms with E-state index in [-0.39, 0.29) is 17.5 Å². The molecule has 0 unspecified atom stereocenters. The Kier molecular flexibility index (Phi) is 7.09. The van der Waals surface area contributed by atoms with Crippen molar-refractivity contribution in [2.24, 2.45) is 4.99 Å². The number of aryl methyl sites for hydroxylation is 1. The summed E-state index contributed by atoms with van der Waals surface area (Å²) < 4.78 is 5.97. The maximum atomic E-state index is 13.6. The first-order chi connectivity index (χ1) is 17.5. The zero-order valence-electron chi connectivity index (χ0n) is 20.1. The van der Waals surface area contributed by atoms with Crippen LogP contribution in [0.25, 0.3) is 17.4 Å². The molecule has 1 aliphatic carbocycles. The molecule has 2 aromatic carbocycles. The summed E-state index contributed by atoms with van der Waals surface area (Å²) in [6.45, 7) is 2.12. The largest absolute Gasteiger partial charge is 0.478 e. The number of rotatable bonds is 6. The molecular formula is C29H28N2O4S. The summed E-state index contributed by atoms with van der Waals surface area (Å²) in [6.07, 6.45) is 8.08. The average Bonchev–Trinajstić information content (AvgIpc) is 3.49. The number of aliphatic imine (C=N–C) groups is 1. The van der Waals surface area contributed by atoms with Gasteiger partial charge in [0.15, 0.2) is 5.17 Å². The zero-order valence-corrected chi connectivity index (χ0v) is 21.0. The Morgan fingerprint density at radius 3 is 2.56 bits per heavy atom. The van der Waals surface area contributed by atoms with Crippen molar-refractivity contribution < 1.29 is 19.1 Å². The van der Waals surface area contributed by atoms with Crippen molar-refractivity contribution in [3.63, 3.8) is 0 Å². The van der Waals surface area contributed by atoms with Crippen LogP contribution < -0.4 is 0 Å². The molecule has 5 rings (SSSR count). The molecule has 184 valence electrons.